The first-order valence-electron chi connectivity index (χ1n) is 7.38. The fourth-order valence-corrected chi connectivity index (χ4v) is 3.13. The molecule has 1 saturated heterocycles. The molecule has 2 rings (SSSR count). The third-order valence-electron chi connectivity index (χ3n) is 3.83. The molecule has 1 aromatic rings. The van der Waals surface area contributed by atoms with E-state index < -0.39 is 0 Å². The highest BCUT2D eigenvalue weighted by Crippen LogP contribution is 2.18. The molecule has 3 nitrogen and oxygen atoms in total. The van der Waals surface area contributed by atoms with Gasteiger partial charge < -0.3 is 10.6 Å². The second kappa shape index (κ2) is 7.79. The van der Waals surface area contributed by atoms with Crippen molar-refractivity contribution in [1.82, 2.24) is 10.6 Å². The van der Waals surface area contributed by atoms with Crippen molar-refractivity contribution in [2.45, 2.75) is 38.6 Å². The molecule has 0 saturated carbocycles. The largest absolute Gasteiger partial charge is 0.353 e. The second-order valence-electron chi connectivity index (χ2n) is 5.66. The minimum absolute atomic E-state index is 0.169. The van der Waals surface area contributed by atoms with E-state index in [0.29, 0.717) is 12.3 Å². The third kappa shape index (κ3) is 4.91. The van der Waals surface area contributed by atoms with E-state index in [2.05, 4.69) is 39.6 Å². The van der Waals surface area contributed by atoms with Gasteiger partial charge in [0, 0.05) is 16.9 Å². The van der Waals surface area contributed by atoms with Crippen LogP contribution in [0.15, 0.2) is 28.7 Å². The molecule has 1 aliphatic heterocycles. The predicted molar refractivity (Wildman–Crippen MR) is 85.7 cm³/mol. The van der Waals surface area contributed by atoms with Crippen LogP contribution in [0.25, 0.3) is 0 Å². The number of amides is 1. The van der Waals surface area contributed by atoms with E-state index in [4.69, 9.17) is 0 Å². The quantitative estimate of drug-likeness (QED) is 0.837. The molecule has 0 radical (unpaired) electrons. The molecule has 2 atom stereocenters. The summed E-state index contributed by atoms with van der Waals surface area (Å²) in [6.07, 6.45) is 3.71. The summed E-state index contributed by atoms with van der Waals surface area (Å²) in [6, 6.07) is 8.34. The predicted octanol–water partition coefficient (Wildman–Crippen LogP) is 2.89. The van der Waals surface area contributed by atoms with Gasteiger partial charge in [-0.1, -0.05) is 34.1 Å². The molecule has 0 spiro atoms. The van der Waals surface area contributed by atoms with E-state index in [0.717, 1.165) is 30.4 Å². The lowest BCUT2D eigenvalue weighted by atomic mass is 10.0. The van der Waals surface area contributed by atoms with Gasteiger partial charge in [-0.3, -0.25) is 4.79 Å². The van der Waals surface area contributed by atoms with Crippen molar-refractivity contribution in [3.05, 3.63) is 34.3 Å². The Morgan fingerprint density at radius 3 is 3.00 bits per heavy atom. The molecule has 1 heterocycles. The Kier molecular flexibility index (Phi) is 6.05. The summed E-state index contributed by atoms with van der Waals surface area (Å²) >= 11 is 3.55. The molecule has 0 aliphatic carbocycles. The highest BCUT2D eigenvalue weighted by Gasteiger charge is 2.16. The number of hydrogen-bond donors (Lipinski definition) is 2. The van der Waals surface area contributed by atoms with Crippen molar-refractivity contribution in [3.63, 3.8) is 0 Å². The first-order chi connectivity index (χ1) is 9.65. The summed E-state index contributed by atoms with van der Waals surface area (Å²) in [7, 11) is 0. The molecule has 1 aliphatic rings. The fourth-order valence-electron chi connectivity index (χ4n) is 2.69. The van der Waals surface area contributed by atoms with Crippen LogP contribution in [-0.4, -0.2) is 25.0 Å². The summed E-state index contributed by atoms with van der Waals surface area (Å²) in [6.45, 7) is 4.24. The van der Waals surface area contributed by atoms with Gasteiger partial charge in [0.05, 0.1) is 0 Å². The zero-order chi connectivity index (χ0) is 14.4. The zero-order valence-electron chi connectivity index (χ0n) is 12.0. The smallest absolute Gasteiger partial charge is 0.220 e. The standard InChI is InChI=1S/C16H23BrN2O/c1-12(10-14-4-2-3-5-15(14)17)19-16(20)7-6-13-8-9-18-11-13/h2-5,12-13,18H,6-11H2,1H3,(H,19,20). The fraction of sp³-hybridized carbons (Fsp3) is 0.562. The first kappa shape index (κ1) is 15.5. The average molecular weight is 339 g/mol. The molecule has 0 bridgehead atoms. The maximum absolute atomic E-state index is 11.9. The van der Waals surface area contributed by atoms with Crippen molar-refractivity contribution in [1.29, 1.82) is 0 Å². The van der Waals surface area contributed by atoms with Gasteiger partial charge in [0.15, 0.2) is 0 Å². The van der Waals surface area contributed by atoms with E-state index in [1.54, 1.807) is 0 Å². The van der Waals surface area contributed by atoms with Crippen molar-refractivity contribution in [2.24, 2.45) is 5.92 Å². The van der Waals surface area contributed by atoms with Gasteiger partial charge in [-0.15, -0.1) is 0 Å². The van der Waals surface area contributed by atoms with Crippen LogP contribution in [0.4, 0.5) is 0 Å². The van der Waals surface area contributed by atoms with Crippen LogP contribution in [-0.2, 0) is 11.2 Å². The van der Waals surface area contributed by atoms with Crippen LogP contribution in [0.2, 0.25) is 0 Å². The van der Waals surface area contributed by atoms with Crippen molar-refractivity contribution >= 4 is 21.8 Å². The highest BCUT2D eigenvalue weighted by atomic mass is 79.9. The molecule has 2 N–H and O–H groups in total. The van der Waals surface area contributed by atoms with Gasteiger partial charge in [-0.2, -0.15) is 0 Å². The molecule has 4 heteroatoms. The van der Waals surface area contributed by atoms with Crippen molar-refractivity contribution in [3.8, 4) is 0 Å². The third-order valence-corrected chi connectivity index (χ3v) is 4.61. The van der Waals surface area contributed by atoms with E-state index in [1.807, 2.05) is 18.2 Å². The maximum Gasteiger partial charge on any atom is 0.220 e. The Bertz CT molecular complexity index is 444. The monoisotopic (exact) mass is 338 g/mol. The second-order valence-corrected chi connectivity index (χ2v) is 6.52. The molecule has 2 unspecified atom stereocenters. The van der Waals surface area contributed by atoms with Crippen LogP contribution in [0.5, 0.6) is 0 Å². The summed E-state index contributed by atoms with van der Waals surface area (Å²) in [4.78, 5) is 11.9. The summed E-state index contributed by atoms with van der Waals surface area (Å²) < 4.78 is 1.11. The van der Waals surface area contributed by atoms with E-state index in [9.17, 15) is 4.79 Å². The van der Waals surface area contributed by atoms with Crippen LogP contribution in [0.3, 0.4) is 0 Å². The number of benzene rings is 1. The lowest BCUT2D eigenvalue weighted by molar-refractivity contribution is -0.121. The molecule has 110 valence electrons. The topological polar surface area (TPSA) is 41.1 Å². The molecule has 1 fully saturated rings. The normalized spacial score (nSPS) is 19.8. The number of carbonyl (C=O) groups excluding carboxylic acids is 1. The van der Waals surface area contributed by atoms with Gasteiger partial charge in [0.25, 0.3) is 0 Å². The molecular formula is C16H23BrN2O. The minimum atomic E-state index is 0.169. The van der Waals surface area contributed by atoms with E-state index >= 15 is 0 Å². The molecular weight excluding hydrogens is 316 g/mol. The van der Waals surface area contributed by atoms with Gasteiger partial charge in [0.1, 0.15) is 0 Å². The molecule has 1 amide bonds. The number of rotatable bonds is 6. The van der Waals surface area contributed by atoms with Crippen LogP contribution in [0.1, 0.15) is 31.7 Å². The SMILES string of the molecule is CC(Cc1ccccc1Br)NC(=O)CCC1CCNC1. The highest BCUT2D eigenvalue weighted by molar-refractivity contribution is 9.10. The number of nitrogens with one attached hydrogen (secondary N) is 2. The van der Waals surface area contributed by atoms with Crippen molar-refractivity contribution < 1.29 is 4.79 Å². The van der Waals surface area contributed by atoms with Gasteiger partial charge in [-0.05, 0) is 56.8 Å². The van der Waals surface area contributed by atoms with Gasteiger partial charge in [0.2, 0.25) is 5.91 Å². The van der Waals surface area contributed by atoms with Gasteiger partial charge in [-0.25, -0.2) is 0 Å². The summed E-state index contributed by atoms with van der Waals surface area (Å²) in [5, 5.41) is 6.44. The van der Waals surface area contributed by atoms with E-state index in [-0.39, 0.29) is 11.9 Å². The Morgan fingerprint density at radius 2 is 2.30 bits per heavy atom. The average Bonchev–Trinajstić information content (AvgIpc) is 2.92. The maximum atomic E-state index is 11.9. The Morgan fingerprint density at radius 1 is 1.50 bits per heavy atom. The Hall–Kier alpha value is -0.870. The van der Waals surface area contributed by atoms with E-state index in [1.165, 1.54) is 12.0 Å². The summed E-state index contributed by atoms with van der Waals surface area (Å²) in [5.41, 5.74) is 1.24. The molecule has 20 heavy (non-hydrogen) atoms. The zero-order valence-corrected chi connectivity index (χ0v) is 13.6. The lowest BCUT2D eigenvalue weighted by Gasteiger charge is -2.15. The Labute approximate surface area is 129 Å². The lowest BCUT2D eigenvalue weighted by Crippen LogP contribution is -2.34. The first-order valence-corrected chi connectivity index (χ1v) is 8.18. The van der Waals surface area contributed by atoms with Gasteiger partial charge >= 0.3 is 0 Å². The number of halogens is 1. The molecule has 0 aromatic heterocycles. The van der Waals surface area contributed by atoms with Crippen LogP contribution < -0.4 is 10.6 Å². The minimum Gasteiger partial charge on any atom is -0.353 e. The molecule has 1 aromatic carbocycles. The summed E-state index contributed by atoms with van der Waals surface area (Å²) in [5.74, 6) is 0.857. The number of hydrogen-bond acceptors (Lipinski definition) is 2. The van der Waals surface area contributed by atoms with Crippen LogP contribution in [0, 0.1) is 5.92 Å². The number of carbonyl (C=O) groups is 1. The Balaban J connectivity index is 1.72. The van der Waals surface area contributed by atoms with Crippen molar-refractivity contribution in [2.75, 3.05) is 13.1 Å². The van der Waals surface area contributed by atoms with Crippen LogP contribution >= 0.6 is 15.9 Å².